The first kappa shape index (κ1) is 10.4. The average Bonchev–Trinajstić information content (AvgIpc) is 2.66. The Kier molecular flexibility index (Phi) is 3.35. The fraction of sp³-hybridized carbons (Fsp3) is 0.167. The van der Waals surface area contributed by atoms with Crippen LogP contribution < -0.4 is 11.5 Å². The summed E-state index contributed by atoms with van der Waals surface area (Å²) in [5, 5.41) is 4.56. The van der Waals surface area contributed by atoms with Gasteiger partial charge in [-0.05, 0) is 0 Å². The Bertz CT molecular complexity index is 340. The highest BCUT2D eigenvalue weighted by atomic mass is 32.1. The standard InChI is InChI=1S/C6H6FN4O2S/c7-3(6-10-1-2-14-6)13-11-4(8)5(9)12/h1-3,9H,(H2,8,11). The molecule has 75 valence electrons. The van der Waals surface area contributed by atoms with E-state index in [9.17, 15) is 9.18 Å². The molecule has 3 N–H and O–H groups in total. The first-order valence-corrected chi connectivity index (χ1v) is 4.28. The lowest BCUT2D eigenvalue weighted by molar-refractivity contribution is -0.113. The molecule has 1 aromatic heterocycles. The topological polar surface area (TPSA) is 101 Å². The van der Waals surface area contributed by atoms with Crippen molar-refractivity contribution in [1.29, 1.82) is 0 Å². The smallest absolute Gasteiger partial charge is 0.315 e. The van der Waals surface area contributed by atoms with Crippen LogP contribution in [0, 0.1) is 0 Å². The number of amides is 1. The highest BCUT2D eigenvalue weighted by molar-refractivity contribution is 7.09. The van der Waals surface area contributed by atoms with Crippen molar-refractivity contribution >= 4 is 23.1 Å². The summed E-state index contributed by atoms with van der Waals surface area (Å²) in [6.45, 7) is 0. The summed E-state index contributed by atoms with van der Waals surface area (Å²) in [7, 11) is 0. The van der Waals surface area contributed by atoms with Gasteiger partial charge in [0.15, 0.2) is 5.01 Å². The van der Waals surface area contributed by atoms with Crippen molar-refractivity contribution < 1.29 is 14.0 Å². The molecule has 0 fully saturated rings. The molecular formula is C6H6FN4O2S. The summed E-state index contributed by atoms with van der Waals surface area (Å²) >= 11 is 1.04. The molecule has 1 rings (SSSR count). The van der Waals surface area contributed by atoms with Gasteiger partial charge >= 0.3 is 12.3 Å². The van der Waals surface area contributed by atoms with Gasteiger partial charge < -0.3 is 10.6 Å². The summed E-state index contributed by atoms with van der Waals surface area (Å²) in [4.78, 5) is 18.1. The maximum Gasteiger partial charge on any atom is 0.315 e. The maximum absolute atomic E-state index is 13.0. The number of hydrogen-bond acceptors (Lipinski definition) is 5. The Morgan fingerprint density at radius 3 is 3.07 bits per heavy atom. The number of amidine groups is 1. The third-order valence-corrected chi connectivity index (χ3v) is 1.91. The molecule has 0 aliphatic rings. The number of nitrogens with two attached hydrogens (primary N) is 1. The molecule has 0 spiro atoms. The van der Waals surface area contributed by atoms with Gasteiger partial charge in [-0.15, -0.1) is 11.3 Å². The first-order valence-electron chi connectivity index (χ1n) is 3.40. The third-order valence-electron chi connectivity index (χ3n) is 1.12. The lowest BCUT2D eigenvalue weighted by Crippen LogP contribution is -2.24. The van der Waals surface area contributed by atoms with Crippen LogP contribution in [0.5, 0.6) is 0 Å². The second kappa shape index (κ2) is 4.51. The zero-order valence-corrected chi connectivity index (χ0v) is 7.62. The van der Waals surface area contributed by atoms with Gasteiger partial charge in [-0.3, -0.25) is 10.5 Å². The van der Waals surface area contributed by atoms with Crippen LogP contribution in [-0.2, 0) is 9.63 Å². The Morgan fingerprint density at radius 2 is 2.57 bits per heavy atom. The van der Waals surface area contributed by atoms with E-state index in [1.165, 1.54) is 6.20 Å². The molecule has 1 heterocycles. The minimum Gasteiger partial charge on any atom is -0.376 e. The average molecular weight is 217 g/mol. The lowest BCUT2D eigenvalue weighted by atomic mass is 10.6. The molecule has 1 radical (unpaired) electrons. The van der Waals surface area contributed by atoms with Crippen molar-refractivity contribution in [2.75, 3.05) is 0 Å². The van der Waals surface area contributed by atoms with E-state index in [0.717, 1.165) is 11.3 Å². The van der Waals surface area contributed by atoms with Crippen LogP contribution in [0.3, 0.4) is 0 Å². The lowest BCUT2D eigenvalue weighted by Gasteiger charge is -2.01. The van der Waals surface area contributed by atoms with E-state index >= 15 is 0 Å². The van der Waals surface area contributed by atoms with E-state index in [1.54, 1.807) is 5.38 Å². The fourth-order valence-corrected chi connectivity index (χ4v) is 1.07. The van der Waals surface area contributed by atoms with Gasteiger partial charge in [0, 0.05) is 11.6 Å². The normalized spacial score (nSPS) is 13.6. The van der Waals surface area contributed by atoms with Crippen LogP contribution in [0.2, 0.25) is 0 Å². The molecule has 0 saturated heterocycles. The zero-order chi connectivity index (χ0) is 10.6. The molecule has 0 bridgehead atoms. The number of aromatic nitrogens is 1. The van der Waals surface area contributed by atoms with Crippen molar-refractivity contribution in [3.63, 3.8) is 0 Å². The predicted octanol–water partition coefficient (Wildman–Crippen LogP) is 0.209. The number of halogens is 1. The summed E-state index contributed by atoms with van der Waals surface area (Å²) in [6.07, 6.45) is -0.466. The van der Waals surface area contributed by atoms with E-state index in [1.807, 2.05) is 0 Å². The largest absolute Gasteiger partial charge is 0.376 e. The first-order chi connectivity index (χ1) is 6.61. The molecule has 1 aromatic rings. The monoisotopic (exact) mass is 217 g/mol. The van der Waals surface area contributed by atoms with E-state index in [0.29, 0.717) is 0 Å². The second-order valence-electron chi connectivity index (χ2n) is 2.10. The summed E-state index contributed by atoms with van der Waals surface area (Å²) in [5.74, 6) is -1.93. The zero-order valence-electron chi connectivity index (χ0n) is 6.81. The van der Waals surface area contributed by atoms with Gasteiger partial charge in [0.05, 0.1) is 0 Å². The highest BCUT2D eigenvalue weighted by Gasteiger charge is 2.14. The number of nitrogens with zero attached hydrogens (tertiary/aromatic N) is 2. The summed E-state index contributed by atoms with van der Waals surface area (Å²) < 4.78 is 13.0. The number of hydrogen-bond donors (Lipinski definition) is 1. The van der Waals surface area contributed by atoms with Crippen LogP contribution in [-0.4, -0.2) is 16.7 Å². The molecule has 0 aliphatic carbocycles. The Balaban J connectivity index is 2.54. The molecule has 14 heavy (non-hydrogen) atoms. The van der Waals surface area contributed by atoms with Gasteiger partial charge in [-0.2, -0.15) is 4.39 Å². The van der Waals surface area contributed by atoms with Crippen LogP contribution in [0.4, 0.5) is 4.39 Å². The van der Waals surface area contributed by atoms with E-state index in [-0.39, 0.29) is 5.01 Å². The van der Waals surface area contributed by atoms with Crippen molar-refractivity contribution in [3.05, 3.63) is 16.6 Å². The molecule has 1 unspecified atom stereocenters. The molecule has 6 nitrogen and oxygen atoms in total. The highest BCUT2D eigenvalue weighted by Crippen LogP contribution is 2.20. The number of alkyl halides is 1. The minimum absolute atomic E-state index is 0.0685. The number of carbonyl (C=O) groups is 1. The fourth-order valence-electron chi connectivity index (χ4n) is 0.536. The SMILES string of the molecule is [NH]C(=O)C(N)=NOC(F)c1nccs1. The molecule has 8 heteroatoms. The second-order valence-corrected chi connectivity index (χ2v) is 3.02. The van der Waals surface area contributed by atoms with Crippen molar-refractivity contribution in [2.45, 2.75) is 6.36 Å². The van der Waals surface area contributed by atoms with Crippen molar-refractivity contribution in [1.82, 2.24) is 10.7 Å². The number of oxime groups is 1. The molecule has 1 atom stereocenters. The van der Waals surface area contributed by atoms with Gasteiger partial charge in [0.1, 0.15) is 0 Å². The molecule has 0 saturated carbocycles. The minimum atomic E-state index is -1.87. The number of nitrogens with one attached hydrogen (secondary N) is 1. The molecule has 1 amide bonds. The molecule has 0 aliphatic heterocycles. The Labute approximate surface area is 82.4 Å². The Morgan fingerprint density at radius 1 is 1.86 bits per heavy atom. The van der Waals surface area contributed by atoms with Crippen LogP contribution in [0.25, 0.3) is 0 Å². The van der Waals surface area contributed by atoms with Crippen molar-refractivity contribution in [3.8, 4) is 0 Å². The van der Waals surface area contributed by atoms with E-state index in [2.05, 4.69) is 15.0 Å². The number of rotatable bonds is 3. The van der Waals surface area contributed by atoms with Crippen LogP contribution >= 0.6 is 11.3 Å². The van der Waals surface area contributed by atoms with Crippen molar-refractivity contribution in [2.24, 2.45) is 10.9 Å². The van der Waals surface area contributed by atoms with Gasteiger partial charge in [0.2, 0.25) is 5.84 Å². The van der Waals surface area contributed by atoms with E-state index < -0.39 is 18.1 Å². The molecule has 0 aromatic carbocycles. The van der Waals surface area contributed by atoms with E-state index in [4.69, 9.17) is 11.5 Å². The number of thiazole rings is 1. The summed E-state index contributed by atoms with van der Waals surface area (Å²) in [6, 6.07) is 0. The number of carbonyl (C=O) groups excluding carboxylic acids is 1. The van der Waals surface area contributed by atoms with Gasteiger partial charge in [0.25, 0.3) is 0 Å². The Hall–Kier alpha value is -1.70. The molecular weight excluding hydrogens is 211 g/mol. The van der Waals surface area contributed by atoms with Crippen LogP contribution in [0.15, 0.2) is 16.7 Å². The van der Waals surface area contributed by atoms with Gasteiger partial charge in [-0.25, -0.2) is 4.98 Å². The van der Waals surface area contributed by atoms with Crippen LogP contribution in [0.1, 0.15) is 11.4 Å². The quantitative estimate of drug-likeness (QED) is 0.444. The third kappa shape index (κ3) is 2.66. The predicted molar refractivity (Wildman–Crippen MR) is 46.8 cm³/mol. The summed E-state index contributed by atoms with van der Waals surface area (Å²) in [5.41, 5.74) is 11.4. The maximum atomic E-state index is 13.0. The van der Waals surface area contributed by atoms with Gasteiger partial charge in [-0.1, -0.05) is 5.16 Å².